The van der Waals surface area contributed by atoms with E-state index in [9.17, 15) is 4.79 Å². The van der Waals surface area contributed by atoms with Crippen molar-refractivity contribution in [3.8, 4) is 0 Å². The van der Waals surface area contributed by atoms with Gasteiger partial charge in [-0.1, -0.05) is 0 Å². The molecule has 0 spiro atoms. The standard InChI is InChI=1S/C5H5NO3S/c7-5(8)9-10-6-3-1-2-4-6/h1-4H,(H,7,8). The first-order valence-electron chi connectivity index (χ1n) is 2.50. The number of rotatable bonds is 2. The Kier molecular flexibility index (Phi) is 2.22. The molecule has 0 atom stereocenters. The molecule has 0 saturated heterocycles. The van der Waals surface area contributed by atoms with E-state index in [1.54, 1.807) is 24.5 Å². The van der Waals surface area contributed by atoms with Crippen LogP contribution in [-0.2, 0) is 4.18 Å². The maximum absolute atomic E-state index is 9.84. The molecule has 1 aromatic rings. The van der Waals surface area contributed by atoms with Crippen LogP contribution in [0.15, 0.2) is 24.5 Å². The maximum atomic E-state index is 9.84. The van der Waals surface area contributed by atoms with Gasteiger partial charge in [-0.3, -0.25) is 3.97 Å². The Morgan fingerprint density at radius 3 is 2.60 bits per heavy atom. The monoisotopic (exact) mass is 159 g/mol. The number of carbonyl (C=O) groups is 1. The molecule has 1 heterocycles. The van der Waals surface area contributed by atoms with Crippen LogP contribution in [0.25, 0.3) is 0 Å². The molecule has 0 fully saturated rings. The molecule has 0 aliphatic heterocycles. The molecule has 0 unspecified atom stereocenters. The molecule has 1 aromatic heterocycles. The van der Waals surface area contributed by atoms with Gasteiger partial charge in [0.25, 0.3) is 0 Å². The molecule has 0 bridgehead atoms. The van der Waals surface area contributed by atoms with Crippen LogP contribution in [0, 0.1) is 0 Å². The van der Waals surface area contributed by atoms with E-state index in [0.29, 0.717) is 0 Å². The fraction of sp³-hybridized carbons (Fsp3) is 0. The number of hydrogen-bond acceptors (Lipinski definition) is 3. The number of nitrogens with zero attached hydrogens (tertiary/aromatic N) is 1. The van der Waals surface area contributed by atoms with Crippen molar-refractivity contribution in [2.75, 3.05) is 0 Å². The lowest BCUT2D eigenvalue weighted by Gasteiger charge is -1.95. The van der Waals surface area contributed by atoms with Crippen molar-refractivity contribution in [2.45, 2.75) is 0 Å². The summed E-state index contributed by atoms with van der Waals surface area (Å²) in [6, 6.07) is 3.55. The van der Waals surface area contributed by atoms with E-state index in [2.05, 4.69) is 4.18 Å². The zero-order chi connectivity index (χ0) is 7.40. The van der Waals surface area contributed by atoms with Crippen molar-refractivity contribution in [3.05, 3.63) is 24.5 Å². The van der Waals surface area contributed by atoms with Gasteiger partial charge in [0.2, 0.25) is 0 Å². The van der Waals surface area contributed by atoms with Crippen LogP contribution in [0.2, 0.25) is 0 Å². The van der Waals surface area contributed by atoms with Gasteiger partial charge in [-0.15, -0.1) is 0 Å². The Morgan fingerprint density at radius 2 is 2.10 bits per heavy atom. The van der Waals surface area contributed by atoms with E-state index in [-0.39, 0.29) is 0 Å². The molecule has 0 aliphatic carbocycles. The van der Waals surface area contributed by atoms with Crippen molar-refractivity contribution in [1.29, 1.82) is 0 Å². The van der Waals surface area contributed by atoms with Gasteiger partial charge in [0, 0.05) is 12.4 Å². The second-order valence-corrected chi connectivity index (χ2v) is 2.20. The highest BCUT2D eigenvalue weighted by Crippen LogP contribution is 2.06. The molecule has 54 valence electrons. The molecule has 0 amide bonds. The van der Waals surface area contributed by atoms with E-state index < -0.39 is 6.16 Å². The summed E-state index contributed by atoms with van der Waals surface area (Å²) in [5.74, 6) is 0. The van der Waals surface area contributed by atoms with Crippen LogP contribution in [0.3, 0.4) is 0 Å². The van der Waals surface area contributed by atoms with E-state index in [1.165, 1.54) is 3.97 Å². The average molecular weight is 159 g/mol. The van der Waals surface area contributed by atoms with E-state index in [4.69, 9.17) is 5.11 Å². The first kappa shape index (κ1) is 7.01. The first-order valence-corrected chi connectivity index (χ1v) is 3.20. The van der Waals surface area contributed by atoms with Crippen molar-refractivity contribution in [3.63, 3.8) is 0 Å². The molecule has 1 N–H and O–H groups in total. The van der Waals surface area contributed by atoms with Crippen molar-refractivity contribution < 1.29 is 14.1 Å². The predicted molar refractivity (Wildman–Crippen MR) is 36.5 cm³/mol. The molecule has 0 aliphatic rings. The third-order valence-electron chi connectivity index (χ3n) is 0.772. The molecular formula is C5H5NO3S. The highest BCUT2D eigenvalue weighted by molar-refractivity contribution is 7.93. The molecule has 0 aromatic carbocycles. The molecule has 0 saturated carbocycles. The minimum atomic E-state index is -1.29. The highest BCUT2D eigenvalue weighted by atomic mass is 32.2. The zero-order valence-electron chi connectivity index (χ0n) is 4.93. The summed E-state index contributed by atoms with van der Waals surface area (Å²) in [6.45, 7) is 0. The van der Waals surface area contributed by atoms with E-state index in [0.717, 1.165) is 12.2 Å². The molecule has 4 nitrogen and oxygen atoms in total. The predicted octanol–water partition coefficient (Wildman–Crippen LogP) is 1.59. The van der Waals surface area contributed by atoms with Crippen LogP contribution in [0.4, 0.5) is 4.79 Å². The fourth-order valence-electron chi connectivity index (χ4n) is 0.443. The van der Waals surface area contributed by atoms with Crippen molar-refractivity contribution in [2.24, 2.45) is 0 Å². The van der Waals surface area contributed by atoms with E-state index >= 15 is 0 Å². The molecule has 0 radical (unpaired) electrons. The Labute approximate surface area is 61.8 Å². The van der Waals surface area contributed by atoms with Gasteiger partial charge in [0.1, 0.15) is 0 Å². The highest BCUT2D eigenvalue weighted by Gasteiger charge is 1.96. The Balaban J connectivity index is 2.35. The summed E-state index contributed by atoms with van der Waals surface area (Å²) >= 11 is 0.752. The van der Waals surface area contributed by atoms with Crippen LogP contribution >= 0.6 is 12.2 Å². The maximum Gasteiger partial charge on any atom is 0.519 e. The summed E-state index contributed by atoms with van der Waals surface area (Å²) in [6.07, 6.45) is 2.08. The molecule has 10 heavy (non-hydrogen) atoms. The van der Waals surface area contributed by atoms with Gasteiger partial charge >= 0.3 is 6.16 Å². The number of hydrogen-bond donors (Lipinski definition) is 1. The van der Waals surface area contributed by atoms with E-state index in [1.807, 2.05) is 0 Å². The Morgan fingerprint density at radius 1 is 1.50 bits per heavy atom. The van der Waals surface area contributed by atoms with Crippen LogP contribution in [-0.4, -0.2) is 15.2 Å². The van der Waals surface area contributed by atoms with Crippen molar-refractivity contribution in [1.82, 2.24) is 3.97 Å². The van der Waals surface area contributed by atoms with Gasteiger partial charge in [-0.25, -0.2) is 4.79 Å². The summed E-state index contributed by atoms with van der Waals surface area (Å²) in [5.41, 5.74) is 0. The van der Waals surface area contributed by atoms with Crippen LogP contribution in [0.5, 0.6) is 0 Å². The van der Waals surface area contributed by atoms with Crippen LogP contribution in [0.1, 0.15) is 0 Å². The summed E-state index contributed by atoms with van der Waals surface area (Å²) < 4.78 is 5.72. The van der Waals surface area contributed by atoms with Gasteiger partial charge in [-0.2, -0.15) is 0 Å². The number of aromatic nitrogens is 1. The smallest absolute Gasteiger partial charge is 0.449 e. The van der Waals surface area contributed by atoms with Gasteiger partial charge < -0.3 is 9.29 Å². The lowest BCUT2D eigenvalue weighted by atomic mass is 10.7. The topological polar surface area (TPSA) is 51.5 Å². The Bertz CT molecular complexity index is 209. The minimum Gasteiger partial charge on any atom is -0.449 e. The lowest BCUT2D eigenvalue weighted by Crippen LogP contribution is -1.93. The second-order valence-electron chi connectivity index (χ2n) is 1.47. The summed E-state index contributed by atoms with van der Waals surface area (Å²) in [4.78, 5) is 9.84. The third-order valence-corrected chi connectivity index (χ3v) is 1.40. The summed E-state index contributed by atoms with van der Waals surface area (Å²) in [5, 5.41) is 8.06. The third kappa shape index (κ3) is 2.02. The van der Waals surface area contributed by atoms with Crippen LogP contribution < -0.4 is 0 Å². The van der Waals surface area contributed by atoms with Crippen molar-refractivity contribution >= 4 is 18.4 Å². The first-order chi connectivity index (χ1) is 4.79. The molecule has 5 heteroatoms. The van der Waals surface area contributed by atoms with Gasteiger partial charge in [0.05, 0.1) is 0 Å². The second kappa shape index (κ2) is 3.17. The fourth-order valence-corrected chi connectivity index (χ4v) is 0.833. The quantitative estimate of drug-likeness (QED) is 0.666. The largest absolute Gasteiger partial charge is 0.519 e. The SMILES string of the molecule is O=C(O)OSn1cccc1. The zero-order valence-corrected chi connectivity index (χ0v) is 5.75. The van der Waals surface area contributed by atoms with Gasteiger partial charge in [0.15, 0.2) is 12.2 Å². The van der Waals surface area contributed by atoms with Gasteiger partial charge in [-0.05, 0) is 12.1 Å². The average Bonchev–Trinajstić information content (AvgIpc) is 2.34. The Hall–Kier alpha value is -1.10. The minimum absolute atomic E-state index is 0.752. The number of carboxylic acid groups (broad SMARTS) is 1. The normalized spacial score (nSPS) is 9.20. The molecule has 1 rings (SSSR count). The summed E-state index contributed by atoms with van der Waals surface area (Å²) in [7, 11) is 0. The lowest BCUT2D eigenvalue weighted by molar-refractivity contribution is 0.152. The molecular weight excluding hydrogens is 154 g/mol.